The fourth-order valence-corrected chi connectivity index (χ4v) is 3.81. The molecule has 1 amide bonds. The monoisotopic (exact) mass is 461 g/mol. The lowest BCUT2D eigenvalue weighted by atomic mass is 9.91. The van der Waals surface area contributed by atoms with E-state index in [4.69, 9.17) is 4.74 Å². The summed E-state index contributed by atoms with van der Waals surface area (Å²) < 4.78 is 42.2. The van der Waals surface area contributed by atoms with Crippen molar-refractivity contribution in [3.05, 3.63) is 71.2 Å². The Morgan fingerprint density at radius 1 is 1.06 bits per heavy atom. The summed E-state index contributed by atoms with van der Waals surface area (Å²) >= 11 is 0. The average molecular weight is 462 g/mol. The van der Waals surface area contributed by atoms with Crippen LogP contribution in [-0.4, -0.2) is 32.9 Å². The minimum Gasteiger partial charge on any atom is -0.463 e. The Morgan fingerprint density at radius 3 is 2.34 bits per heavy atom. The largest absolute Gasteiger partial charge is 0.463 e. The van der Waals surface area contributed by atoms with Crippen LogP contribution in [0.4, 0.5) is 15.8 Å². The van der Waals surface area contributed by atoms with Crippen LogP contribution in [0.1, 0.15) is 36.5 Å². The molecule has 10 heteroatoms. The number of thiol groups is 1. The number of amides is 1. The first-order chi connectivity index (χ1) is 15.4. The second-order valence-corrected chi connectivity index (χ2v) is 7.85. The van der Waals surface area contributed by atoms with Crippen LogP contribution < -0.4 is 15.4 Å². The number of hydrogen-bond acceptors (Lipinski definition) is 6. The molecule has 0 aliphatic heterocycles. The fourth-order valence-electron chi connectivity index (χ4n) is 3.45. The first-order valence-corrected chi connectivity index (χ1v) is 11.3. The molecule has 1 aliphatic carbocycles. The number of hydrogen-bond donors (Lipinski definition) is 4. The number of ether oxygens (including phenoxy) is 1. The van der Waals surface area contributed by atoms with Crippen LogP contribution in [0.25, 0.3) is 0 Å². The van der Waals surface area contributed by atoms with Gasteiger partial charge in [0.1, 0.15) is 5.82 Å². The summed E-state index contributed by atoms with van der Waals surface area (Å²) in [6.45, 7) is 1.91. The topological polar surface area (TPSA) is 114 Å². The van der Waals surface area contributed by atoms with Crippen LogP contribution in [0.3, 0.4) is 0 Å². The third kappa shape index (κ3) is 6.07. The highest BCUT2D eigenvalue weighted by atomic mass is 32.2. The van der Waals surface area contributed by atoms with Crippen molar-refractivity contribution < 1.29 is 27.1 Å². The van der Waals surface area contributed by atoms with Crippen LogP contribution in [0, 0.1) is 5.82 Å². The van der Waals surface area contributed by atoms with Crippen molar-refractivity contribution in [2.75, 3.05) is 16.6 Å². The fraction of sp³-hybridized carbons (Fsp3) is 0.273. The smallest absolute Gasteiger partial charge is 0.335 e. The molecular weight excluding hydrogens is 437 g/mol. The van der Waals surface area contributed by atoms with Crippen molar-refractivity contribution in [3.8, 4) is 0 Å². The zero-order valence-corrected chi connectivity index (χ0v) is 18.3. The highest BCUT2D eigenvalue weighted by molar-refractivity contribution is 7.73. The maximum Gasteiger partial charge on any atom is 0.335 e. The molecule has 0 aromatic heterocycles. The first-order valence-electron chi connectivity index (χ1n) is 10.1. The van der Waals surface area contributed by atoms with Gasteiger partial charge in [-0.25, -0.2) is 17.6 Å². The summed E-state index contributed by atoms with van der Waals surface area (Å²) in [4.78, 5) is 25.4. The molecule has 0 fully saturated rings. The predicted octanol–water partition coefficient (Wildman–Crippen LogP) is 2.98. The molecule has 1 unspecified atom stereocenters. The van der Waals surface area contributed by atoms with Crippen LogP contribution in [0.2, 0.25) is 0 Å². The third-order valence-corrected chi connectivity index (χ3v) is 5.36. The van der Waals surface area contributed by atoms with E-state index in [1.54, 1.807) is 19.1 Å². The van der Waals surface area contributed by atoms with Crippen molar-refractivity contribution in [2.45, 2.75) is 32.2 Å². The average Bonchev–Trinajstić information content (AvgIpc) is 2.76. The molecule has 1 aliphatic rings. The van der Waals surface area contributed by atoms with Gasteiger partial charge < -0.3 is 15.4 Å². The lowest BCUT2D eigenvalue weighted by molar-refractivity contribution is -0.138. The van der Waals surface area contributed by atoms with Gasteiger partial charge in [-0.3, -0.25) is 9.52 Å². The summed E-state index contributed by atoms with van der Waals surface area (Å²) in [7, 11) is -2.81. The third-order valence-electron chi connectivity index (χ3n) is 4.92. The molecule has 170 valence electrons. The van der Waals surface area contributed by atoms with Crippen molar-refractivity contribution in [3.63, 3.8) is 0 Å². The number of anilines is 2. The Kier molecular flexibility index (Phi) is 7.82. The van der Waals surface area contributed by atoms with Gasteiger partial charge in [-0.05, 0) is 74.7 Å². The minimum absolute atomic E-state index is 0.204. The molecule has 0 bridgehead atoms. The number of esters is 1. The summed E-state index contributed by atoms with van der Waals surface area (Å²) in [5.41, 5.74) is 2.06. The number of nitrogens with one attached hydrogen (secondary N) is 3. The van der Waals surface area contributed by atoms with Gasteiger partial charge >= 0.3 is 5.97 Å². The quantitative estimate of drug-likeness (QED) is 0.355. The highest BCUT2D eigenvalue weighted by Crippen LogP contribution is 2.28. The Hall–Kier alpha value is -3.40. The maximum atomic E-state index is 13.3. The van der Waals surface area contributed by atoms with Crippen LogP contribution in [-0.2, 0) is 20.4 Å². The van der Waals surface area contributed by atoms with E-state index in [1.165, 1.54) is 36.4 Å². The Morgan fingerprint density at radius 2 is 1.72 bits per heavy atom. The van der Waals surface area contributed by atoms with Crippen molar-refractivity contribution >= 4 is 34.1 Å². The normalized spacial score (nSPS) is 15.9. The van der Waals surface area contributed by atoms with E-state index in [9.17, 15) is 22.4 Å². The molecule has 32 heavy (non-hydrogen) atoms. The number of carbonyl (C=O) groups is 2. The van der Waals surface area contributed by atoms with Gasteiger partial charge in [-0.1, -0.05) is 0 Å². The summed E-state index contributed by atoms with van der Waals surface area (Å²) in [5, 5.41) is 6.08. The van der Waals surface area contributed by atoms with Gasteiger partial charge in [0.05, 0.1) is 23.9 Å². The molecule has 2 aromatic carbocycles. The van der Waals surface area contributed by atoms with Crippen molar-refractivity contribution in [1.82, 2.24) is 5.32 Å². The van der Waals surface area contributed by atoms with E-state index in [0.717, 1.165) is 0 Å². The minimum atomic E-state index is -2.81. The second kappa shape index (κ2) is 10.8. The van der Waals surface area contributed by atoms with Gasteiger partial charge in [0.25, 0.3) is 5.91 Å². The molecule has 3 rings (SSSR count). The van der Waals surface area contributed by atoms with E-state index in [1.807, 2.05) is 0 Å². The van der Waals surface area contributed by atoms with Gasteiger partial charge in [0.2, 0.25) is 10.9 Å². The molecule has 2 aromatic rings. The van der Waals surface area contributed by atoms with Crippen LogP contribution >= 0.6 is 0 Å². The lowest BCUT2D eigenvalue weighted by Crippen LogP contribution is -2.39. The summed E-state index contributed by atoms with van der Waals surface area (Å²) in [6.07, 6.45) is 1.81. The summed E-state index contributed by atoms with van der Waals surface area (Å²) in [6, 6.07) is 11.3. The van der Waals surface area contributed by atoms with Crippen molar-refractivity contribution in [2.24, 2.45) is 0 Å². The van der Waals surface area contributed by atoms with Crippen molar-refractivity contribution in [1.29, 1.82) is 0 Å². The van der Waals surface area contributed by atoms with Gasteiger partial charge in [-0.2, -0.15) is 0 Å². The van der Waals surface area contributed by atoms with Crippen LogP contribution in [0.5, 0.6) is 0 Å². The van der Waals surface area contributed by atoms with E-state index in [2.05, 4.69) is 15.4 Å². The van der Waals surface area contributed by atoms with E-state index >= 15 is 0 Å². The zero-order chi connectivity index (χ0) is 23.1. The Bertz CT molecular complexity index is 1070. The van der Waals surface area contributed by atoms with Gasteiger partial charge in [0.15, 0.2) is 0 Å². The predicted molar refractivity (Wildman–Crippen MR) is 119 cm³/mol. The molecule has 3 N–H and O–H groups in total. The zero-order valence-electron chi connectivity index (χ0n) is 17.4. The highest BCUT2D eigenvalue weighted by Gasteiger charge is 2.29. The SMILES string of the molecule is CCOC(=O)C1=C(NC(=O)c2ccc(N[SH](=O)=O)cc2)C(Nc2ccc(F)cc2)CCC1. The van der Waals surface area contributed by atoms with E-state index in [0.29, 0.717) is 47.5 Å². The molecular formula is C22H24FN3O5S. The first kappa shape index (κ1) is 23.3. The summed E-state index contributed by atoms with van der Waals surface area (Å²) in [5.74, 6) is -1.31. The molecule has 0 saturated carbocycles. The van der Waals surface area contributed by atoms with Gasteiger partial charge in [-0.15, -0.1) is 0 Å². The van der Waals surface area contributed by atoms with Gasteiger partial charge in [0, 0.05) is 16.9 Å². The Labute approximate surface area is 186 Å². The molecule has 0 spiro atoms. The second-order valence-electron chi connectivity index (χ2n) is 7.11. The maximum absolute atomic E-state index is 13.3. The molecule has 0 radical (unpaired) electrons. The standard InChI is InChI=1S/C22H24FN3O5S/c1-2-31-22(28)18-4-3-5-19(24-16-12-8-15(23)9-13-16)20(18)25-21(27)14-6-10-17(11-7-14)26-32(29)30/h6-13,19,24,32H,2-5H2,1H3,(H,25,27)(H,26,29,30). The van der Waals surface area contributed by atoms with E-state index in [-0.39, 0.29) is 18.5 Å². The molecule has 8 nitrogen and oxygen atoms in total. The van der Waals surface area contributed by atoms with E-state index < -0.39 is 22.8 Å². The number of benzene rings is 2. The Balaban J connectivity index is 1.87. The number of rotatable bonds is 8. The number of carbonyl (C=O) groups excluding carboxylic acids is 2. The van der Waals surface area contributed by atoms with Crippen LogP contribution in [0.15, 0.2) is 59.8 Å². The molecule has 0 heterocycles. The number of halogens is 1. The molecule has 0 saturated heterocycles. The lowest BCUT2D eigenvalue weighted by Gasteiger charge is -2.29. The molecule has 1 atom stereocenters.